The van der Waals surface area contributed by atoms with E-state index < -0.39 is 0 Å². The summed E-state index contributed by atoms with van der Waals surface area (Å²) in [5, 5.41) is 6.36. The second kappa shape index (κ2) is 9.38. The first kappa shape index (κ1) is 19.3. The molecule has 2 atom stereocenters. The van der Waals surface area contributed by atoms with Crippen molar-refractivity contribution in [2.24, 2.45) is 11.8 Å². The van der Waals surface area contributed by atoms with Crippen LogP contribution in [0.25, 0.3) is 0 Å². The predicted octanol–water partition coefficient (Wildman–Crippen LogP) is 3.84. The Morgan fingerprint density at radius 3 is 2.95 bits per heavy atom. The minimum atomic E-state index is 0. The summed E-state index contributed by atoms with van der Waals surface area (Å²) in [5.41, 5.74) is 0.772. The number of benzene rings is 1. The Balaban J connectivity index is 0.00000242. The van der Waals surface area contributed by atoms with Crippen molar-refractivity contribution in [3.8, 4) is 5.75 Å². The third kappa shape index (κ3) is 5.45. The Morgan fingerprint density at radius 2 is 2.32 bits per heavy atom. The number of hydrogen-bond acceptors (Lipinski definition) is 3. The first-order chi connectivity index (χ1) is 10.1. The van der Waals surface area contributed by atoms with E-state index in [4.69, 9.17) is 4.74 Å². The van der Waals surface area contributed by atoms with E-state index >= 15 is 0 Å². The molecular formula is C16H24BrClN2O2. The maximum Gasteiger partial charge on any atom is 0.224 e. The zero-order valence-corrected chi connectivity index (χ0v) is 15.4. The number of methoxy groups -OCH3 is 1. The lowest BCUT2D eigenvalue weighted by atomic mass is 9.85. The molecule has 1 heterocycles. The standard InChI is InChI=1S/C16H23BrN2O2.ClH/c1-11(12-4-3-7-18-10-12)8-16(20)19-13-5-6-14(17)15(9-13)21-2;/h5-6,9,11-12,18H,3-4,7-8,10H2,1-2H3,(H,19,20);1H. The minimum absolute atomic E-state index is 0. The van der Waals surface area contributed by atoms with Crippen molar-refractivity contribution in [1.82, 2.24) is 5.32 Å². The Bertz CT molecular complexity index is 493. The van der Waals surface area contributed by atoms with Gasteiger partial charge in [-0.15, -0.1) is 12.4 Å². The van der Waals surface area contributed by atoms with Crippen LogP contribution in [0.3, 0.4) is 0 Å². The van der Waals surface area contributed by atoms with Gasteiger partial charge in [-0.3, -0.25) is 4.79 Å². The van der Waals surface area contributed by atoms with Crippen LogP contribution in [-0.4, -0.2) is 26.1 Å². The number of piperidine rings is 1. The van der Waals surface area contributed by atoms with Gasteiger partial charge in [0, 0.05) is 18.2 Å². The zero-order chi connectivity index (χ0) is 15.2. The molecule has 2 N–H and O–H groups in total. The highest BCUT2D eigenvalue weighted by atomic mass is 79.9. The summed E-state index contributed by atoms with van der Waals surface area (Å²) >= 11 is 3.40. The van der Waals surface area contributed by atoms with E-state index in [1.54, 1.807) is 7.11 Å². The lowest BCUT2D eigenvalue weighted by Crippen LogP contribution is -2.34. The van der Waals surface area contributed by atoms with Gasteiger partial charge in [-0.1, -0.05) is 6.92 Å². The van der Waals surface area contributed by atoms with Crippen LogP contribution in [0.4, 0.5) is 5.69 Å². The lowest BCUT2D eigenvalue weighted by Gasteiger charge is -2.28. The number of ether oxygens (including phenoxy) is 1. The molecule has 1 aromatic carbocycles. The molecule has 1 aliphatic heterocycles. The number of amides is 1. The number of halogens is 2. The van der Waals surface area contributed by atoms with Crippen molar-refractivity contribution >= 4 is 39.9 Å². The molecular weight excluding hydrogens is 368 g/mol. The van der Waals surface area contributed by atoms with Gasteiger partial charge in [0.15, 0.2) is 0 Å². The van der Waals surface area contributed by atoms with Crippen molar-refractivity contribution in [2.45, 2.75) is 26.2 Å². The predicted molar refractivity (Wildman–Crippen MR) is 95.9 cm³/mol. The van der Waals surface area contributed by atoms with E-state index in [-0.39, 0.29) is 18.3 Å². The highest BCUT2D eigenvalue weighted by Crippen LogP contribution is 2.28. The Hall–Kier alpha value is -0.780. The summed E-state index contributed by atoms with van der Waals surface area (Å²) in [6, 6.07) is 5.58. The van der Waals surface area contributed by atoms with E-state index in [0.29, 0.717) is 18.3 Å². The lowest BCUT2D eigenvalue weighted by molar-refractivity contribution is -0.117. The molecule has 6 heteroatoms. The topological polar surface area (TPSA) is 50.4 Å². The average Bonchev–Trinajstić information content (AvgIpc) is 2.50. The third-order valence-corrected chi connectivity index (χ3v) is 4.74. The van der Waals surface area contributed by atoms with Gasteiger partial charge in [0.05, 0.1) is 11.6 Å². The van der Waals surface area contributed by atoms with Crippen LogP contribution >= 0.6 is 28.3 Å². The molecule has 1 saturated heterocycles. The van der Waals surface area contributed by atoms with Crippen molar-refractivity contribution in [3.05, 3.63) is 22.7 Å². The third-order valence-electron chi connectivity index (χ3n) is 4.08. The van der Waals surface area contributed by atoms with Crippen LogP contribution < -0.4 is 15.4 Å². The first-order valence-corrected chi connectivity index (χ1v) is 8.23. The summed E-state index contributed by atoms with van der Waals surface area (Å²) in [5.74, 6) is 1.79. The maximum atomic E-state index is 12.2. The molecule has 124 valence electrons. The van der Waals surface area contributed by atoms with Crippen LogP contribution in [0.5, 0.6) is 5.75 Å². The number of hydrogen-bond donors (Lipinski definition) is 2. The van der Waals surface area contributed by atoms with Gasteiger partial charge in [-0.25, -0.2) is 0 Å². The van der Waals surface area contributed by atoms with Crippen molar-refractivity contribution in [2.75, 3.05) is 25.5 Å². The van der Waals surface area contributed by atoms with E-state index in [0.717, 1.165) is 29.0 Å². The maximum absolute atomic E-state index is 12.2. The molecule has 0 aliphatic carbocycles. The SMILES string of the molecule is COc1cc(NC(=O)CC(C)C2CCCNC2)ccc1Br.Cl. The Kier molecular flexibility index (Phi) is 8.21. The molecule has 2 rings (SSSR count). The zero-order valence-electron chi connectivity index (χ0n) is 13.0. The van der Waals surface area contributed by atoms with Gasteiger partial charge < -0.3 is 15.4 Å². The number of anilines is 1. The number of rotatable bonds is 5. The van der Waals surface area contributed by atoms with Crippen molar-refractivity contribution in [1.29, 1.82) is 0 Å². The summed E-state index contributed by atoms with van der Waals surface area (Å²) in [4.78, 5) is 12.2. The second-order valence-electron chi connectivity index (χ2n) is 5.69. The number of nitrogens with one attached hydrogen (secondary N) is 2. The largest absolute Gasteiger partial charge is 0.495 e. The smallest absolute Gasteiger partial charge is 0.224 e. The van der Waals surface area contributed by atoms with E-state index in [1.165, 1.54) is 12.8 Å². The van der Waals surface area contributed by atoms with Crippen molar-refractivity contribution in [3.63, 3.8) is 0 Å². The Morgan fingerprint density at radius 1 is 1.55 bits per heavy atom. The van der Waals surface area contributed by atoms with Crippen LogP contribution in [0.1, 0.15) is 26.2 Å². The van der Waals surface area contributed by atoms with E-state index in [2.05, 4.69) is 33.5 Å². The first-order valence-electron chi connectivity index (χ1n) is 7.44. The normalized spacial score (nSPS) is 19.0. The molecule has 1 aliphatic rings. The molecule has 1 amide bonds. The average molecular weight is 392 g/mol. The van der Waals surface area contributed by atoms with Crippen LogP contribution in [0, 0.1) is 11.8 Å². The summed E-state index contributed by atoms with van der Waals surface area (Å²) in [6.07, 6.45) is 2.98. The van der Waals surface area contributed by atoms with Crippen molar-refractivity contribution < 1.29 is 9.53 Å². The molecule has 1 fully saturated rings. The monoisotopic (exact) mass is 390 g/mol. The highest BCUT2D eigenvalue weighted by molar-refractivity contribution is 9.10. The Labute approximate surface area is 146 Å². The van der Waals surface area contributed by atoms with Gasteiger partial charge in [0.25, 0.3) is 0 Å². The minimum Gasteiger partial charge on any atom is -0.495 e. The fraction of sp³-hybridized carbons (Fsp3) is 0.562. The molecule has 4 nitrogen and oxygen atoms in total. The highest BCUT2D eigenvalue weighted by Gasteiger charge is 2.22. The summed E-state index contributed by atoms with van der Waals surface area (Å²) < 4.78 is 6.12. The number of carbonyl (C=O) groups excluding carboxylic acids is 1. The molecule has 22 heavy (non-hydrogen) atoms. The van der Waals surface area contributed by atoms with Gasteiger partial charge in [-0.05, 0) is 65.8 Å². The van der Waals surface area contributed by atoms with Gasteiger partial charge in [-0.2, -0.15) is 0 Å². The molecule has 0 bridgehead atoms. The van der Waals surface area contributed by atoms with Gasteiger partial charge in [0.1, 0.15) is 5.75 Å². The van der Waals surface area contributed by atoms with E-state index in [1.807, 2.05) is 18.2 Å². The molecule has 1 aromatic rings. The summed E-state index contributed by atoms with van der Waals surface area (Å²) in [7, 11) is 1.61. The fourth-order valence-electron chi connectivity index (χ4n) is 2.77. The molecule has 0 radical (unpaired) electrons. The van der Waals surface area contributed by atoms with E-state index in [9.17, 15) is 4.79 Å². The van der Waals surface area contributed by atoms with Crippen LogP contribution in [0.2, 0.25) is 0 Å². The molecule has 0 aromatic heterocycles. The molecule has 0 spiro atoms. The molecule has 2 unspecified atom stereocenters. The quantitative estimate of drug-likeness (QED) is 0.801. The van der Waals surface area contributed by atoms with Crippen LogP contribution in [-0.2, 0) is 4.79 Å². The van der Waals surface area contributed by atoms with Gasteiger partial charge in [0.2, 0.25) is 5.91 Å². The number of carbonyl (C=O) groups is 1. The van der Waals surface area contributed by atoms with Gasteiger partial charge >= 0.3 is 0 Å². The molecule has 0 saturated carbocycles. The van der Waals surface area contributed by atoms with Crippen LogP contribution in [0.15, 0.2) is 22.7 Å². The fourth-order valence-corrected chi connectivity index (χ4v) is 3.18. The summed E-state index contributed by atoms with van der Waals surface area (Å²) in [6.45, 7) is 4.30. The second-order valence-corrected chi connectivity index (χ2v) is 6.54.